The van der Waals surface area contributed by atoms with E-state index in [0.717, 1.165) is 27.9 Å². The van der Waals surface area contributed by atoms with E-state index in [0.29, 0.717) is 4.90 Å². The van der Waals surface area contributed by atoms with Crippen LogP contribution in [0.5, 0.6) is 0 Å². The highest BCUT2D eigenvalue weighted by Crippen LogP contribution is 2.22. The van der Waals surface area contributed by atoms with Gasteiger partial charge in [0.1, 0.15) is 0 Å². The molecule has 3 rings (SSSR count). The Hall–Kier alpha value is -2.44. The maximum absolute atomic E-state index is 12.8. The van der Waals surface area contributed by atoms with Crippen LogP contribution in [0.25, 0.3) is 5.69 Å². The smallest absolute Gasteiger partial charge is 0.241 e. The fraction of sp³-hybridized carbons (Fsp3) is 0.211. The van der Waals surface area contributed by atoms with E-state index < -0.39 is 10.0 Å². The molecule has 0 unspecified atom stereocenters. The van der Waals surface area contributed by atoms with Gasteiger partial charge < -0.3 is 4.57 Å². The first-order valence-corrected chi connectivity index (χ1v) is 9.50. The molecule has 0 fully saturated rings. The van der Waals surface area contributed by atoms with E-state index in [9.17, 15) is 8.42 Å². The van der Waals surface area contributed by atoms with E-state index in [1.54, 1.807) is 12.5 Å². The van der Waals surface area contributed by atoms with Crippen LogP contribution in [0.2, 0.25) is 0 Å². The van der Waals surface area contributed by atoms with Gasteiger partial charge in [0, 0.05) is 18.9 Å². The van der Waals surface area contributed by atoms with Crippen LogP contribution in [-0.2, 0) is 16.6 Å². The molecule has 0 atom stereocenters. The number of aryl methyl sites for hydroxylation is 3. The third-order valence-electron chi connectivity index (χ3n) is 4.10. The van der Waals surface area contributed by atoms with Crippen LogP contribution in [-0.4, -0.2) is 18.0 Å². The monoisotopic (exact) mass is 355 g/mol. The minimum absolute atomic E-state index is 0.212. The van der Waals surface area contributed by atoms with Crippen molar-refractivity contribution in [2.24, 2.45) is 0 Å². The summed E-state index contributed by atoms with van der Waals surface area (Å²) in [5.41, 5.74) is 4.35. The van der Waals surface area contributed by atoms with Crippen molar-refractivity contribution in [2.45, 2.75) is 32.2 Å². The predicted octanol–water partition coefficient (Wildman–Crippen LogP) is 3.28. The third kappa shape index (κ3) is 3.65. The SMILES string of the molecule is Cc1cc(C)c(S(=O)(=O)NCc2ccccc2-n2ccnc2)c(C)c1. The molecule has 0 saturated carbocycles. The normalized spacial score (nSPS) is 11.6. The molecular weight excluding hydrogens is 334 g/mol. The van der Waals surface area contributed by atoms with E-state index in [1.807, 2.05) is 67.9 Å². The molecule has 0 aliphatic rings. The van der Waals surface area contributed by atoms with Gasteiger partial charge in [0.2, 0.25) is 10.0 Å². The maximum atomic E-state index is 12.8. The number of hydrogen-bond acceptors (Lipinski definition) is 3. The molecular formula is C19H21N3O2S. The Morgan fingerprint density at radius 1 is 1.08 bits per heavy atom. The lowest BCUT2D eigenvalue weighted by Crippen LogP contribution is -2.25. The molecule has 1 aromatic heterocycles. The maximum Gasteiger partial charge on any atom is 0.241 e. The summed E-state index contributed by atoms with van der Waals surface area (Å²) in [7, 11) is -3.60. The highest BCUT2D eigenvalue weighted by Gasteiger charge is 2.20. The first-order chi connectivity index (χ1) is 11.9. The Morgan fingerprint density at radius 2 is 1.76 bits per heavy atom. The average Bonchev–Trinajstić information content (AvgIpc) is 3.06. The quantitative estimate of drug-likeness (QED) is 0.764. The highest BCUT2D eigenvalue weighted by atomic mass is 32.2. The van der Waals surface area contributed by atoms with Gasteiger partial charge in [-0.25, -0.2) is 18.1 Å². The van der Waals surface area contributed by atoms with Gasteiger partial charge in [0.25, 0.3) is 0 Å². The summed E-state index contributed by atoms with van der Waals surface area (Å²) in [4.78, 5) is 4.41. The van der Waals surface area contributed by atoms with Crippen molar-refractivity contribution in [1.29, 1.82) is 0 Å². The van der Waals surface area contributed by atoms with Crippen molar-refractivity contribution in [1.82, 2.24) is 14.3 Å². The molecule has 0 aliphatic carbocycles. The van der Waals surface area contributed by atoms with Crippen LogP contribution >= 0.6 is 0 Å². The molecule has 1 N–H and O–H groups in total. The molecule has 0 radical (unpaired) electrons. The molecule has 6 heteroatoms. The number of nitrogens with zero attached hydrogens (tertiary/aromatic N) is 2. The second-order valence-corrected chi connectivity index (χ2v) is 7.85. The molecule has 0 aliphatic heterocycles. The molecule has 0 bridgehead atoms. The minimum atomic E-state index is -3.60. The van der Waals surface area contributed by atoms with Gasteiger partial charge in [-0.1, -0.05) is 35.9 Å². The highest BCUT2D eigenvalue weighted by molar-refractivity contribution is 7.89. The van der Waals surface area contributed by atoms with Crippen molar-refractivity contribution in [2.75, 3.05) is 0 Å². The van der Waals surface area contributed by atoms with E-state index in [2.05, 4.69) is 9.71 Å². The number of aromatic nitrogens is 2. The Labute approximate surface area is 148 Å². The Balaban J connectivity index is 1.90. The lowest BCUT2D eigenvalue weighted by molar-refractivity contribution is 0.580. The number of rotatable bonds is 5. The standard InChI is InChI=1S/C19H21N3O2S/c1-14-10-15(2)19(16(3)11-14)25(23,24)21-12-17-6-4-5-7-18(17)22-9-8-20-13-22/h4-11,13,21H,12H2,1-3H3. The van der Waals surface area contributed by atoms with Crippen molar-refractivity contribution in [3.63, 3.8) is 0 Å². The molecule has 5 nitrogen and oxygen atoms in total. The molecule has 25 heavy (non-hydrogen) atoms. The fourth-order valence-electron chi connectivity index (χ4n) is 3.15. The Kier molecular flexibility index (Phi) is 4.74. The number of para-hydroxylation sites is 1. The van der Waals surface area contributed by atoms with Crippen LogP contribution in [0.4, 0.5) is 0 Å². The summed E-state index contributed by atoms with van der Waals surface area (Å²) in [5.74, 6) is 0. The Morgan fingerprint density at radius 3 is 2.40 bits per heavy atom. The third-order valence-corrected chi connectivity index (χ3v) is 5.81. The van der Waals surface area contributed by atoms with Crippen molar-refractivity contribution in [3.05, 3.63) is 77.4 Å². The fourth-order valence-corrected chi connectivity index (χ4v) is 4.60. The number of benzene rings is 2. The zero-order chi connectivity index (χ0) is 18.0. The second-order valence-electron chi connectivity index (χ2n) is 6.15. The van der Waals surface area contributed by atoms with E-state index >= 15 is 0 Å². The topological polar surface area (TPSA) is 64.0 Å². The number of nitrogens with one attached hydrogen (secondary N) is 1. The second kappa shape index (κ2) is 6.82. The summed E-state index contributed by atoms with van der Waals surface area (Å²) in [5, 5.41) is 0. The molecule has 0 amide bonds. The van der Waals surface area contributed by atoms with Gasteiger partial charge in [-0.2, -0.15) is 0 Å². The van der Waals surface area contributed by atoms with Crippen molar-refractivity contribution >= 4 is 10.0 Å². The summed E-state index contributed by atoms with van der Waals surface area (Å²) in [6.45, 7) is 5.83. The van der Waals surface area contributed by atoms with E-state index in [4.69, 9.17) is 0 Å². The lowest BCUT2D eigenvalue weighted by Gasteiger charge is -2.15. The zero-order valence-electron chi connectivity index (χ0n) is 14.5. The summed E-state index contributed by atoms with van der Waals surface area (Å²) >= 11 is 0. The minimum Gasteiger partial charge on any atom is -0.306 e. The molecule has 3 aromatic rings. The van der Waals surface area contributed by atoms with Crippen molar-refractivity contribution < 1.29 is 8.42 Å². The van der Waals surface area contributed by atoms with Crippen LogP contribution in [0.1, 0.15) is 22.3 Å². The van der Waals surface area contributed by atoms with E-state index in [1.165, 1.54) is 0 Å². The predicted molar refractivity (Wildman–Crippen MR) is 98.2 cm³/mol. The molecule has 130 valence electrons. The number of hydrogen-bond donors (Lipinski definition) is 1. The average molecular weight is 355 g/mol. The first-order valence-electron chi connectivity index (χ1n) is 8.02. The van der Waals surface area contributed by atoms with E-state index in [-0.39, 0.29) is 6.54 Å². The number of sulfonamides is 1. The summed E-state index contributed by atoms with van der Waals surface area (Å²) < 4.78 is 30.3. The molecule has 0 saturated heterocycles. The molecule has 0 spiro atoms. The van der Waals surface area contributed by atoms with Gasteiger partial charge >= 0.3 is 0 Å². The summed E-state index contributed by atoms with van der Waals surface area (Å²) in [6.07, 6.45) is 5.23. The van der Waals surface area contributed by atoms with Gasteiger partial charge in [-0.05, 0) is 43.5 Å². The molecule has 1 heterocycles. The van der Waals surface area contributed by atoms with Crippen LogP contribution < -0.4 is 4.72 Å². The zero-order valence-corrected chi connectivity index (χ0v) is 15.3. The van der Waals surface area contributed by atoms with Crippen LogP contribution in [0.3, 0.4) is 0 Å². The van der Waals surface area contributed by atoms with Crippen LogP contribution in [0.15, 0.2) is 60.0 Å². The van der Waals surface area contributed by atoms with Gasteiger partial charge in [-0.15, -0.1) is 0 Å². The lowest BCUT2D eigenvalue weighted by atomic mass is 10.1. The molecule has 2 aromatic carbocycles. The first kappa shape index (κ1) is 17.4. The van der Waals surface area contributed by atoms with Crippen molar-refractivity contribution in [3.8, 4) is 5.69 Å². The van der Waals surface area contributed by atoms with Gasteiger partial charge in [0.15, 0.2) is 0 Å². The largest absolute Gasteiger partial charge is 0.306 e. The Bertz CT molecular complexity index is 970. The summed E-state index contributed by atoms with van der Waals surface area (Å²) in [6, 6.07) is 11.4. The van der Waals surface area contributed by atoms with Gasteiger partial charge in [0.05, 0.1) is 16.9 Å². The number of imidazole rings is 1. The van der Waals surface area contributed by atoms with Crippen LogP contribution in [0, 0.1) is 20.8 Å². The van der Waals surface area contributed by atoms with Gasteiger partial charge in [-0.3, -0.25) is 0 Å².